The van der Waals surface area contributed by atoms with Crippen molar-refractivity contribution < 1.29 is 9.90 Å². The van der Waals surface area contributed by atoms with Crippen LogP contribution in [0.1, 0.15) is 19.8 Å². The van der Waals surface area contributed by atoms with Crippen LogP contribution in [0.3, 0.4) is 0 Å². The normalized spacial score (nSPS) is 11.8. The van der Waals surface area contributed by atoms with Crippen molar-refractivity contribution in [1.82, 2.24) is 0 Å². The minimum Gasteiger partial charge on any atom is -0.512 e. The summed E-state index contributed by atoms with van der Waals surface area (Å²) in [5.74, 6) is 0.0904. The van der Waals surface area contributed by atoms with Crippen molar-refractivity contribution in [2.75, 3.05) is 0 Å². The Morgan fingerprint density at radius 1 is 1.41 bits per heavy atom. The zero-order valence-electron chi connectivity index (χ0n) is 10.4. The molecular weight excluding hydrogens is 214 g/mol. The number of aldehydes is 1. The third-order valence-electron chi connectivity index (χ3n) is 1.58. The van der Waals surface area contributed by atoms with E-state index in [0.717, 1.165) is 6.42 Å². The minimum atomic E-state index is 0.0904. The Morgan fingerprint density at radius 3 is 2.47 bits per heavy atom. The molecule has 3 N–H and O–H groups in total. The molecule has 0 aromatic rings. The lowest BCUT2D eigenvalue weighted by Crippen LogP contribution is -1.92. The van der Waals surface area contributed by atoms with Crippen LogP contribution in [0.4, 0.5) is 0 Å². The van der Waals surface area contributed by atoms with Crippen molar-refractivity contribution in [3.8, 4) is 0 Å². The first-order valence-corrected chi connectivity index (χ1v) is 5.26. The van der Waals surface area contributed by atoms with Crippen molar-refractivity contribution >= 4 is 6.29 Å². The average molecular weight is 235 g/mol. The largest absolute Gasteiger partial charge is 0.512 e. The quantitative estimate of drug-likeness (QED) is 0.244. The molecule has 3 heteroatoms. The molecule has 0 unspecified atom stereocenters. The molecular formula is C14H21NO2. The van der Waals surface area contributed by atoms with E-state index >= 15 is 0 Å². The molecule has 0 heterocycles. The van der Waals surface area contributed by atoms with Crippen LogP contribution in [0.2, 0.25) is 0 Å². The molecule has 0 aliphatic carbocycles. The van der Waals surface area contributed by atoms with Gasteiger partial charge in [-0.1, -0.05) is 25.7 Å². The molecule has 0 amide bonds. The first-order valence-electron chi connectivity index (χ1n) is 5.26. The van der Waals surface area contributed by atoms with E-state index in [4.69, 9.17) is 5.73 Å². The molecule has 17 heavy (non-hydrogen) atoms. The van der Waals surface area contributed by atoms with Crippen molar-refractivity contribution in [1.29, 1.82) is 0 Å². The molecule has 3 nitrogen and oxygen atoms in total. The zero-order chi connectivity index (χ0) is 13.7. The van der Waals surface area contributed by atoms with Crippen LogP contribution < -0.4 is 5.73 Å². The summed E-state index contributed by atoms with van der Waals surface area (Å²) in [6.07, 6.45) is 8.46. The van der Waals surface area contributed by atoms with E-state index < -0.39 is 0 Å². The summed E-state index contributed by atoms with van der Waals surface area (Å²) in [6, 6.07) is 0. The third-order valence-corrected chi connectivity index (χ3v) is 1.58. The fourth-order valence-electron chi connectivity index (χ4n) is 0.926. The standard InChI is InChI=1S/C12H17NO2.C2H4/c1-3-5-11(13)6-4-7-12(15)8-10(2)9-14;1-2/h4-6,8-9,15H,2-3,7,13H2,1H3;1-2H2/b6-4-,11-5+,12-8+;. The maximum absolute atomic E-state index is 10.2. The summed E-state index contributed by atoms with van der Waals surface area (Å²) >= 11 is 0. The van der Waals surface area contributed by atoms with E-state index in [1.165, 1.54) is 6.08 Å². The van der Waals surface area contributed by atoms with E-state index in [1.54, 1.807) is 12.2 Å². The summed E-state index contributed by atoms with van der Waals surface area (Å²) in [6.45, 7) is 11.4. The summed E-state index contributed by atoms with van der Waals surface area (Å²) in [7, 11) is 0. The van der Waals surface area contributed by atoms with Gasteiger partial charge in [0.2, 0.25) is 0 Å². The number of carbonyl (C=O) groups excluding carboxylic acids is 1. The Hall–Kier alpha value is -2.03. The highest BCUT2D eigenvalue weighted by Crippen LogP contribution is 2.02. The van der Waals surface area contributed by atoms with E-state index in [1.807, 2.05) is 13.0 Å². The number of aliphatic hydroxyl groups is 1. The number of rotatable bonds is 6. The lowest BCUT2D eigenvalue weighted by atomic mass is 10.2. The zero-order valence-corrected chi connectivity index (χ0v) is 10.4. The Morgan fingerprint density at radius 2 is 2.00 bits per heavy atom. The van der Waals surface area contributed by atoms with Crippen molar-refractivity contribution in [2.45, 2.75) is 19.8 Å². The van der Waals surface area contributed by atoms with Crippen LogP contribution in [0.5, 0.6) is 0 Å². The topological polar surface area (TPSA) is 63.3 Å². The van der Waals surface area contributed by atoms with Gasteiger partial charge in [-0.05, 0) is 18.6 Å². The van der Waals surface area contributed by atoms with Gasteiger partial charge >= 0.3 is 0 Å². The fraction of sp³-hybridized carbons (Fsp3) is 0.214. The first-order chi connectivity index (χ1) is 8.10. The molecule has 0 spiro atoms. The highest BCUT2D eigenvalue weighted by molar-refractivity contribution is 5.76. The summed E-state index contributed by atoms with van der Waals surface area (Å²) in [5.41, 5.74) is 6.51. The second kappa shape index (κ2) is 12.0. The van der Waals surface area contributed by atoms with Gasteiger partial charge in [0.25, 0.3) is 0 Å². The van der Waals surface area contributed by atoms with E-state index in [-0.39, 0.29) is 11.3 Å². The monoisotopic (exact) mass is 235 g/mol. The smallest absolute Gasteiger partial charge is 0.149 e. The molecule has 0 fully saturated rings. The first kappa shape index (κ1) is 17.4. The number of allylic oxidation sites excluding steroid dienone is 5. The molecule has 0 aliphatic rings. The van der Waals surface area contributed by atoms with Gasteiger partial charge in [0.05, 0.1) is 5.76 Å². The SMILES string of the molecule is C=C.C=C(C=O)/C=C(/O)C/C=C\C(N)=C/CC. The molecule has 0 aliphatic heterocycles. The van der Waals surface area contributed by atoms with Crippen molar-refractivity contribution in [3.05, 3.63) is 61.1 Å². The molecule has 0 aromatic carbocycles. The number of nitrogens with two attached hydrogens (primary N) is 1. The molecule has 0 radical (unpaired) electrons. The number of hydrogen-bond acceptors (Lipinski definition) is 3. The summed E-state index contributed by atoms with van der Waals surface area (Å²) < 4.78 is 0. The lowest BCUT2D eigenvalue weighted by molar-refractivity contribution is -0.104. The average Bonchev–Trinajstić information content (AvgIpc) is 2.31. The summed E-state index contributed by atoms with van der Waals surface area (Å²) in [4.78, 5) is 10.2. The maximum atomic E-state index is 10.2. The Labute approximate surface area is 103 Å². The second-order valence-corrected chi connectivity index (χ2v) is 3.05. The van der Waals surface area contributed by atoms with Crippen molar-refractivity contribution in [3.63, 3.8) is 0 Å². The van der Waals surface area contributed by atoms with Gasteiger partial charge < -0.3 is 10.8 Å². The number of aliphatic hydroxyl groups excluding tert-OH is 1. The number of hydrogen-bond donors (Lipinski definition) is 2. The predicted molar refractivity (Wildman–Crippen MR) is 73.5 cm³/mol. The minimum absolute atomic E-state index is 0.0904. The Balaban J connectivity index is 0. The molecule has 0 rings (SSSR count). The van der Waals surface area contributed by atoms with Crippen LogP contribution in [0, 0.1) is 0 Å². The molecule has 0 saturated heterocycles. The van der Waals surface area contributed by atoms with Crippen LogP contribution in [-0.4, -0.2) is 11.4 Å². The van der Waals surface area contributed by atoms with E-state index in [9.17, 15) is 9.90 Å². The molecule has 0 aromatic heterocycles. The van der Waals surface area contributed by atoms with Gasteiger partial charge in [0, 0.05) is 17.7 Å². The van der Waals surface area contributed by atoms with E-state index in [2.05, 4.69) is 19.7 Å². The fourth-order valence-corrected chi connectivity index (χ4v) is 0.926. The number of carbonyl (C=O) groups is 1. The van der Waals surface area contributed by atoms with Gasteiger partial charge in [-0.15, -0.1) is 13.2 Å². The maximum Gasteiger partial charge on any atom is 0.149 e. The highest BCUT2D eigenvalue weighted by atomic mass is 16.3. The molecule has 0 atom stereocenters. The van der Waals surface area contributed by atoms with Gasteiger partial charge in [0.1, 0.15) is 6.29 Å². The third kappa shape index (κ3) is 11.9. The van der Waals surface area contributed by atoms with Gasteiger partial charge in [-0.25, -0.2) is 0 Å². The molecule has 0 saturated carbocycles. The summed E-state index contributed by atoms with van der Waals surface area (Å²) in [5, 5.41) is 9.32. The Bertz CT molecular complexity index is 325. The van der Waals surface area contributed by atoms with Gasteiger partial charge in [0.15, 0.2) is 0 Å². The predicted octanol–water partition coefficient (Wildman–Crippen LogP) is 3.18. The van der Waals surface area contributed by atoms with Gasteiger partial charge in [-0.3, -0.25) is 4.79 Å². The molecule has 94 valence electrons. The van der Waals surface area contributed by atoms with E-state index in [0.29, 0.717) is 18.4 Å². The highest BCUT2D eigenvalue weighted by Gasteiger charge is 1.91. The second-order valence-electron chi connectivity index (χ2n) is 3.05. The van der Waals surface area contributed by atoms with Crippen molar-refractivity contribution in [2.24, 2.45) is 5.73 Å². The van der Waals surface area contributed by atoms with Crippen LogP contribution in [0.25, 0.3) is 0 Å². The van der Waals surface area contributed by atoms with Crippen LogP contribution in [-0.2, 0) is 4.79 Å². The lowest BCUT2D eigenvalue weighted by Gasteiger charge is -1.94. The molecule has 0 bridgehead atoms. The van der Waals surface area contributed by atoms with Crippen LogP contribution in [0.15, 0.2) is 61.1 Å². The van der Waals surface area contributed by atoms with Gasteiger partial charge in [-0.2, -0.15) is 0 Å². The van der Waals surface area contributed by atoms with Crippen LogP contribution >= 0.6 is 0 Å². The Kier molecular flexibility index (Phi) is 12.3.